The molecule has 1 amide bonds. The predicted molar refractivity (Wildman–Crippen MR) is 42.8 cm³/mol. The first-order valence-electron chi connectivity index (χ1n) is 3.81. The zero-order valence-electron chi connectivity index (χ0n) is 7.55. The van der Waals surface area contributed by atoms with E-state index in [4.69, 9.17) is 0 Å². The highest BCUT2D eigenvalue weighted by molar-refractivity contribution is 5.95. The summed E-state index contributed by atoms with van der Waals surface area (Å²) in [5.74, 6) is -6.84. The van der Waals surface area contributed by atoms with E-state index in [2.05, 4.69) is 5.10 Å². The van der Waals surface area contributed by atoms with Gasteiger partial charge in [0, 0.05) is 13.1 Å². The van der Waals surface area contributed by atoms with Gasteiger partial charge in [-0.3, -0.25) is 9.48 Å². The van der Waals surface area contributed by atoms with Crippen molar-refractivity contribution in [2.45, 2.75) is 12.3 Å². The lowest BCUT2D eigenvalue weighted by atomic mass is 10.3. The van der Waals surface area contributed by atoms with E-state index in [9.17, 15) is 22.4 Å². The minimum atomic E-state index is -4.70. The molecule has 8 heteroatoms. The van der Waals surface area contributed by atoms with E-state index in [1.54, 1.807) is 5.32 Å². The number of hydrogen-bond donors (Lipinski definition) is 1. The molecule has 0 atom stereocenters. The lowest BCUT2D eigenvalue weighted by Crippen LogP contribution is -2.41. The number of nitrogens with one attached hydrogen (secondary N) is 1. The average Bonchev–Trinajstić information content (AvgIpc) is 2.51. The van der Waals surface area contributed by atoms with Crippen molar-refractivity contribution >= 4 is 11.7 Å². The molecule has 0 radical (unpaired) electrons. The van der Waals surface area contributed by atoms with Crippen molar-refractivity contribution < 1.29 is 22.4 Å². The number of alkyl halides is 4. The van der Waals surface area contributed by atoms with Crippen LogP contribution in [0.25, 0.3) is 0 Å². The first-order valence-corrected chi connectivity index (χ1v) is 3.81. The van der Waals surface area contributed by atoms with Crippen molar-refractivity contribution in [3.63, 3.8) is 0 Å². The molecule has 1 heterocycles. The Kier molecular flexibility index (Phi) is 2.96. The molecule has 0 unspecified atom stereocenters. The fourth-order valence-electron chi connectivity index (χ4n) is 0.795. The van der Waals surface area contributed by atoms with Crippen LogP contribution in [0.4, 0.5) is 23.4 Å². The first-order chi connectivity index (χ1) is 6.85. The number of aromatic nitrogens is 2. The number of amides is 1. The summed E-state index contributed by atoms with van der Waals surface area (Å²) in [5, 5.41) is 5.21. The van der Waals surface area contributed by atoms with E-state index >= 15 is 0 Å². The molecule has 4 nitrogen and oxygen atoms in total. The van der Waals surface area contributed by atoms with Gasteiger partial charge in [0.2, 0.25) is 0 Å². The highest BCUT2D eigenvalue weighted by atomic mass is 19.3. The van der Waals surface area contributed by atoms with Gasteiger partial charge in [-0.05, 0) is 0 Å². The number of aryl methyl sites for hydroxylation is 1. The van der Waals surface area contributed by atoms with Crippen LogP contribution >= 0.6 is 0 Å². The van der Waals surface area contributed by atoms with Gasteiger partial charge in [-0.2, -0.15) is 13.9 Å². The molecule has 0 spiro atoms. The van der Waals surface area contributed by atoms with Crippen molar-refractivity contribution in [3.8, 4) is 0 Å². The van der Waals surface area contributed by atoms with Gasteiger partial charge in [-0.25, -0.2) is 8.78 Å². The van der Waals surface area contributed by atoms with E-state index in [1.165, 1.54) is 19.3 Å². The van der Waals surface area contributed by atoms with E-state index in [1.807, 2.05) is 0 Å². The Bertz CT molecular complexity index is 363. The van der Waals surface area contributed by atoms with Crippen molar-refractivity contribution in [3.05, 3.63) is 12.3 Å². The Hall–Kier alpha value is -1.60. The fourth-order valence-corrected chi connectivity index (χ4v) is 0.795. The number of nitrogens with zero attached hydrogens (tertiary/aromatic N) is 2. The lowest BCUT2D eigenvalue weighted by molar-refractivity contribution is -0.163. The van der Waals surface area contributed by atoms with E-state index in [-0.39, 0.29) is 5.82 Å². The Labute approximate surface area is 81.9 Å². The van der Waals surface area contributed by atoms with Crippen molar-refractivity contribution in [2.75, 3.05) is 5.32 Å². The van der Waals surface area contributed by atoms with Gasteiger partial charge >= 0.3 is 18.3 Å². The molecule has 0 aromatic carbocycles. The Balaban J connectivity index is 2.76. The molecule has 1 aromatic heterocycles. The standard InChI is InChI=1S/C7H7F4N3O/c1-14-4(2-3-12-14)13-6(15)7(10,11)5(8)9/h2-3,5H,1H3,(H,13,15). The normalized spacial score (nSPS) is 11.9. The molecule has 84 valence electrons. The van der Waals surface area contributed by atoms with Crippen LogP contribution in [0.1, 0.15) is 0 Å². The van der Waals surface area contributed by atoms with Crippen LogP contribution in [-0.2, 0) is 11.8 Å². The second-order valence-electron chi connectivity index (χ2n) is 2.72. The molecule has 0 saturated heterocycles. The summed E-state index contributed by atoms with van der Waals surface area (Å²) >= 11 is 0. The van der Waals surface area contributed by atoms with Gasteiger partial charge < -0.3 is 5.32 Å². The van der Waals surface area contributed by atoms with Gasteiger partial charge in [0.15, 0.2) is 0 Å². The van der Waals surface area contributed by atoms with Crippen LogP contribution in [-0.4, -0.2) is 28.0 Å². The predicted octanol–water partition coefficient (Wildman–Crippen LogP) is 1.26. The molecule has 0 fully saturated rings. The summed E-state index contributed by atoms with van der Waals surface area (Å²) in [5.41, 5.74) is 0. The molecule has 15 heavy (non-hydrogen) atoms. The topological polar surface area (TPSA) is 46.9 Å². The van der Waals surface area contributed by atoms with Crippen molar-refractivity contribution in [2.24, 2.45) is 7.05 Å². The van der Waals surface area contributed by atoms with Crippen LogP contribution in [0.15, 0.2) is 12.3 Å². The van der Waals surface area contributed by atoms with Crippen LogP contribution in [0, 0.1) is 0 Å². The Morgan fingerprint density at radius 3 is 2.60 bits per heavy atom. The monoisotopic (exact) mass is 225 g/mol. The second kappa shape index (κ2) is 3.87. The number of hydrogen-bond acceptors (Lipinski definition) is 2. The summed E-state index contributed by atoms with van der Waals surface area (Å²) < 4.78 is 49.5. The maximum atomic E-state index is 12.5. The van der Waals surface area contributed by atoms with Crippen LogP contribution < -0.4 is 5.32 Å². The number of halogens is 4. The Morgan fingerprint density at radius 2 is 2.20 bits per heavy atom. The number of carbonyl (C=O) groups excluding carboxylic acids is 1. The quantitative estimate of drug-likeness (QED) is 0.787. The lowest BCUT2D eigenvalue weighted by Gasteiger charge is -2.14. The molecule has 0 saturated carbocycles. The molecule has 0 bridgehead atoms. The summed E-state index contributed by atoms with van der Waals surface area (Å²) in [4.78, 5) is 10.7. The van der Waals surface area contributed by atoms with Gasteiger partial charge in [0.05, 0.1) is 6.20 Å². The molecular formula is C7H7F4N3O. The maximum absolute atomic E-state index is 12.5. The second-order valence-corrected chi connectivity index (χ2v) is 2.72. The summed E-state index contributed by atoms with van der Waals surface area (Å²) in [6.45, 7) is 0. The summed E-state index contributed by atoms with van der Waals surface area (Å²) in [7, 11) is 1.37. The minimum absolute atomic E-state index is 0.0830. The minimum Gasteiger partial charge on any atom is -0.305 e. The molecule has 1 aromatic rings. The van der Waals surface area contributed by atoms with Crippen LogP contribution in [0.5, 0.6) is 0 Å². The maximum Gasteiger partial charge on any atom is 0.383 e. The molecule has 0 aliphatic carbocycles. The smallest absolute Gasteiger partial charge is 0.305 e. The third-order valence-corrected chi connectivity index (χ3v) is 1.64. The highest BCUT2D eigenvalue weighted by Gasteiger charge is 2.49. The molecule has 0 aliphatic heterocycles. The summed E-state index contributed by atoms with van der Waals surface area (Å²) in [6, 6.07) is 1.21. The van der Waals surface area contributed by atoms with Gasteiger partial charge in [-0.1, -0.05) is 0 Å². The molecule has 0 aliphatic rings. The average molecular weight is 225 g/mol. The molecular weight excluding hydrogens is 218 g/mol. The summed E-state index contributed by atoms with van der Waals surface area (Å²) in [6.07, 6.45) is -2.80. The van der Waals surface area contributed by atoms with Crippen molar-refractivity contribution in [1.82, 2.24) is 9.78 Å². The van der Waals surface area contributed by atoms with E-state index in [0.717, 1.165) is 4.68 Å². The van der Waals surface area contributed by atoms with Crippen LogP contribution in [0.2, 0.25) is 0 Å². The highest BCUT2D eigenvalue weighted by Crippen LogP contribution is 2.24. The number of anilines is 1. The van der Waals surface area contributed by atoms with Gasteiger partial charge in [0.1, 0.15) is 5.82 Å². The van der Waals surface area contributed by atoms with Gasteiger partial charge in [0.25, 0.3) is 0 Å². The third kappa shape index (κ3) is 2.25. The first kappa shape index (κ1) is 11.5. The number of carbonyl (C=O) groups is 1. The molecule has 1 rings (SSSR count). The molecule has 1 N–H and O–H groups in total. The van der Waals surface area contributed by atoms with Gasteiger partial charge in [-0.15, -0.1) is 0 Å². The Morgan fingerprint density at radius 1 is 1.60 bits per heavy atom. The zero-order chi connectivity index (χ0) is 11.6. The third-order valence-electron chi connectivity index (χ3n) is 1.64. The SMILES string of the molecule is Cn1nccc1NC(=O)C(F)(F)C(F)F. The van der Waals surface area contributed by atoms with E-state index in [0.29, 0.717) is 0 Å². The number of rotatable bonds is 3. The van der Waals surface area contributed by atoms with E-state index < -0.39 is 18.3 Å². The fraction of sp³-hybridized carbons (Fsp3) is 0.429. The zero-order valence-corrected chi connectivity index (χ0v) is 7.55. The van der Waals surface area contributed by atoms with Crippen LogP contribution in [0.3, 0.4) is 0 Å². The largest absolute Gasteiger partial charge is 0.383 e. The van der Waals surface area contributed by atoms with Crippen molar-refractivity contribution in [1.29, 1.82) is 0 Å².